The van der Waals surface area contributed by atoms with Crippen LogP contribution in [0.5, 0.6) is 0 Å². The van der Waals surface area contributed by atoms with Gasteiger partial charge in [-0.05, 0) is 11.4 Å². The first-order chi connectivity index (χ1) is 8.13. The van der Waals surface area contributed by atoms with E-state index >= 15 is 0 Å². The van der Waals surface area contributed by atoms with Gasteiger partial charge in [0.15, 0.2) is 5.78 Å². The third-order valence-corrected chi connectivity index (χ3v) is 2.90. The number of esters is 1. The highest BCUT2D eigenvalue weighted by atomic mass is 32.1. The Morgan fingerprint density at radius 2 is 2.12 bits per heavy atom. The summed E-state index contributed by atoms with van der Waals surface area (Å²) in [7, 11) is 1.27. The third-order valence-electron chi connectivity index (χ3n) is 2.03. The summed E-state index contributed by atoms with van der Waals surface area (Å²) in [5.74, 6) is -0.894. The number of hydrogen-bond acceptors (Lipinski definition) is 5. The molecule has 1 heterocycles. The minimum Gasteiger partial charge on any atom is -0.469 e. The molecule has 0 saturated carbocycles. The molecule has 1 aromatic rings. The summed E-state index contributed by atoms with van der Waals surface area (Å²) < 4.78 is 4.41. The Hall–Kier alpha value is -1.69. The Labute approximate surface area is 103 Å². The van der Waals surface area contributed by atoms with Crippen LogP contribution in [0.4, 0.5) is 0 Å². The number of Topliss-reactive ketones (excluding diaryl/α,β-unsaturated/α-hetero) is 1. The van der Waals surface area contributed by atoms with Crippen LogP contribution in [-0.4, -0.2) is 31.3 Å². The van der Waals surface area contributed by atoms with Gasteiger partial charge in [0, 0.05) is 6.42 Å². The molecule has 0 aliphatic heterocycles. The lowest BCUT2D eigenvalue weighted by atomic mass is 10.2. The average molecular weight is 255 g/mol. The fourth-order valence-electron chi connectivity index (χ4n) is 1.11. The van der Waals surface area contributed by atoms with Crippen molar-refractivity contribution in [2.75, 3.05) is 13.7 Å². The zero-order valence-electron chi connectivity index (χ0n) is 9.39. The van der Waals surface area contributed by atoms with Gasteiger partial charge in [-0.1, -0.05) is 6.07 Å². The third kappa shape index (κ3) is 4.78. The van der Waals surface area contributed by atoms with Crippen LogP contribution >= 0.6 is 11.3 Å². The Bertz CT molecular complexity index is 400. The van der Waals surface area contributed by atoms with Gasteiger partial charge >= 0.3 is 5.97 Å². The van der Waals surface area contributed by atoms with E-state index in [1.807, 2.05) is 0 Å². The number of carbonyl (C=O) groups excluding carboxylic acids is 3. The zero-order valence-corrected chi connectivity index (χ0v) is 10.2. The van der Waals surface area contributed by atoms with Gasteiger partial charge < -0.3 is 10.1 Å². The van der Waals surface area contributed by atoms with E-state index in [2.05, 4.69) is 10.1 Å². The lowest BCUT2D eigenvalue weighted by molar-refractivity contribution is -0.141. The van der Waals surface area contributed by atoms with Crippen molar-refractivity contribution in [1.29, 1.82) is 0 Å². The minimum atomic E-state index is -0.428. The van der Waals surface area contributed by atoms with Gasteiger partial charge in [-0.25, -0.2) is 0 Å². The number of methoxy groups -OCH3 is 1. The maximum Gasteiger partial charge on any atom is 0.305 e. The maximum atomic E-state index is 11.5. The Morgan fingerprint density at radius 3 is 2.71 bits per heavy atom. The van der Waals surface area contributed by atoms with Crippen molar-refractivity contribution in [3.8, 4) is 0 Å². The van der Waals surface area contributed by atoms with Crippen molar-refractivity contribution in [2.24, 2.45) is 0 Å². The molecule has 1 N–H and O–H groups in total. The molecule has 1 rings (SSSR count). The molecule has 0 aromatic carbocycles. The lowest BCUT2D eigenvalue weighted by Gasteiger charge is -2.02. The van der Waals surface area contributed by atoms with E-state index in [0.29, 0.717) is 4.88 Å². The molecule has 0 saturated heterocycles. The van der Waals surface area contributed by atoms with Gasteiger partial charge in [0.2, 0.25) is 0 Å². The molecule has 0 aliphatic carbocycles. The Morgan fingerprint density at radius 1 is 1.35 bits per heavy atom. The molecule has 17 heavy (non-hydrogen) atoms. The first-order valence-corrected chi connectivity index (χ1v) is 5.91. The predicted octanol–water partition coefficient (Wildman–Crippen LogP) is 1.00. The highest BCUT2D eigenvalue weighted by molar-refractivity contribution is 7.12. The first kappa shape index (κ1) is 13.4. The van der Waals surface area contributed by atoms with E-state index in [0.717, 1.165) is 0 Å². The van der Waals surface area contributed by atoms with Crippen LogP contribution in [0.15, 0.2) is 17.5 Å². The van der Waals surface area contributed by atoms with Gasteiger partial charge in [0.1, 0.15) is 0 Å². The molecule has 5 nitrogen and oxygen atoms in total. The molecule has 1 aromatic heterocycles. The average Bonchev–Trinajstić information content (AvgIpc) is 2.86. The number of ether oxygens (including phenoxy) is 1. The number of carbonyl (C=O) groups is 3. The number of thiophene rings is 1. The van der Waals surface area contributed by atoms with E-state index in [-0.39, 0.29) is 31.1 Å². The summed E-state index contributed by atoms with van der Waals surface area (Å²) in [4.78, 5) is 34.1. The first-order valence-electron chi connectivity index (χ1n) is 5.03. The summed E-state index contributed by atoms with van der Waals surface area (Å²) in [5.41, 5.74) is 0. The van der Waals surface area contributed by atoms with Crippen molar-refractivity contribution in [1.82, 2.24) is 5.32 Å². The zero-order chi connectivity index (χ0) is 12.7. The van der Waals surface area contributed by atoms with Gasteiger partial charge in [-0.3, -0.25) is 14.4 Å². The van der Waals surface area contributed by atoms with Crippen molar-refractivity contribution < 1.29 is 19.1 Å². The molecule has 0 aliphatic rings. The van der Waals surface area contributed by atoms with E-state index in [1.54, 1.807) is 17.5 Å². The van der Waals surface area contributed by atoms with Gasteiger partial charge in [-0.2, -0.15) is 0 Å². The van der Waals surface area contributed by atoms with E-state index in [9.17, 15) is 14.4 Å². The summed E-state index contributed by atoms with van der Waals surface area (Å²) >= 11 is 1.31. The maximum absolute atomic E-state index is 11.5. The van der Waals surface area contributed by atoms with Crippen LogP contribution in [0.25, 0.3) is 0 Å². The molecule has 0 spiro atoms. The molecule has 0 fully saturated rings. The molecule has 6 heteroatoms. The molecular weight excluding hydrogens is 242 g/mol. The van der Waals surface area contributed by atoms with Gasteiger partial charge in [-0.15, -0.1) is 11.3 Å². The number of amides is 1. The molecule has 1 amide bonds. The van der Waals surface area contributed by atoms with Gasteiger partial charge in [0.05, 0.1) is 25.0 Å². The molecule has 92 valence electrons. The van der Waals surface area contributed by atoms with Crippen molar-refractivity contribution in [3.63, 3.8) is 0 Å². The molecular formula is C11H13NO4S. The number of hydrogen-bond donors (Lipinski definition) is 1. The number of ketones is 1. The van der Waals surface area contributed by atoms with Crippen molar-refractivity contribution in [2.45, 2.75) is 12.8 Å². The fourth-order valence-corrected chi connectivity index (χ4v) is 1.75. The predicted molar refractivity (Wildman–Crippen MR) is 62.9 cm³/mol. The van der Waals surface area contributed by atoms with E-state index < -0.39 is 5.97 Å². The fraction of sp³-hybridized carbons (Fsp3) is 0.364. The minimum absolute atomic E-state index is 0.0458. The Kier molecular flexibility index (Phi) is 5.35. The van der Waals surface area contributed by atoms with Crippen LogP contribution in [0.1, 0.15) is 22.5 Å². The number of rotatable bonds is 6. The molecule has 0 bridgehead atoms. The smallest absolute Gasteiger partial charge is 0.305 e. The second-order valence-corrected chi connectivity index (χ2v) is 4.22. The molecule has 0 atom stereocenters. The summed E-state index contributed by atoms with van der Waals surface area (Å²) in [5, 5.41) is 4.28. The summed E-state index contributed by atoms with van der Waals surface area (Å²) in [6, 6.07) is 3.44. The van der Waals surface area contributed by atoms with E-state index in [4.69, 9.17) is 0 Å². The highest BCUT2D eigenvalue weighted by Gasteiger charge is 2.10. The Balaban J connectivity index is 2.24. The van der Waals surface area contributed by atoms with Crippen LogP contribution in [0.3, 0.4) is 0 Å². The second kappa shape index (κ2) is 6.80. The van der Waals surface area contributed by atoms with Crippen LogP contribution in [0, 0.1) is 0 Å². The second-order valence-electron chi connectivity index (χ2n) is 3.27. The monoisotopic (exact) mass is 255 g/mol. The van der Waals surface area contributed by atoms with E-state index in [1.165, 1.54) is 18.4 Å². The normalized spacial score (nSPS) is 9.71. The van der Waals surface area contributed by atoms with Gasteiger partial charge in [0.25, 0.3) is 5.91 Å². The SMILES string of the molecule is COC(=O)CCC(=O)CNC(=O)c1cccs1. The van der Waals surface area contributed by atoms with Crippen LogP contribution in [0.2, 0.25) is 0 Å². The summed E-state index contributed by atoms with van der Waals surface area (Å²) in [6.45, 7) is -0.0618. The standard InChI is InChI=1S/C11H13NO4S/c1-16-10(14)5-4-8(13)7-12-11(15)9-3-2-6-17-9/h2-3,6H,4-5,7H2,1H3,(H,12,15). The van der Waals surface area contributed by atoms with Crippen molar-refractivity contribution >= 4 is 29.0 Å². The summed E-state index contributed by atoms with van der Waals surface area (Å²) in [6.07, 6.45) is 0.127. The lowest BCUT2D eigenvalue weighted by Crippen LogP contribution is -2.29. The largest absolute Gasteiger partial charge is 0.469 e. The number of nitrogens with one attached hydrogen (secondary N) is 1. The topological polar surface area (TPSA) is 72.5 Å². The van der Waals surface area contributed by atoms with Crippen molar-refractivity contribution in [3.05, 3.63) is 22.4 Å². The highest BCUT2D eigenvalue weighted by Crippen LogP contribution is 2.07. The van der Waals surface area contributed by atoms with Crippen LogP contribution < -0.4 is 5.32 Å². The molecule has 0 unspecified atom stereocenters. The molecule has 0 radical (unpaired) electrons. The quantitative estimate of drug-likeness (QED) is 0.770. The van der Waals surface area contributed by atoms with Crippen LogP contribution in [-0.2, 0) is 14.3 Å².